The third-order valence-corrected chi connectivity index (χ3v) is 6.43. The van der Waals surface area contributed by atoms with Crippen molar-refractivity contribution in [2.75, 3.05) is 12.3 Å². The Morgan fingerprint density at radius 1 is 1.38 bits per heavy atom. The van der Waals surface area contributed by atoms with E-state index >= 15 is 0 Å². The Kier molecular flexibility index (Phi) is 6.85. The lowest BCUT2D eigenvalue weighted by atomic mass is 10.1. The van der Waals surface area contributed by atoms with Gasteiger partial charge in [0.1, 0.15) is 29.3 Å². The summed E-state index contributed by atoms with van der Waals surface area (Å²) in [5, 5.41) is 25.8. The van der Waals surface area contributed by atoms with Gasteiger partial charge in [-0.05, 0) is 67.7 Å². The highest BCUT2D eigenvalue weighted by molar-refractivity contribution is 7.71. The van der Waals surface area contributed by atoms with Crippen molar-refractivity contribution in [3.8, 4) is 22.5 Å². The molecule has 0 saturated heterocycles. The summed E-state index contributed by atoms with van der Waals surface area (Å²) < 4.78 is 16.7. The molecule has 0 aliphatic rings. The standard InChI is InChI=1S/C22H21FN8OS2/c1-13(30-20(27-28-22(30)33)18-5-3-11-34-18)21(32)26-10-2-4-17-16(12-24)19(25)31(29-17)15-8-6-14(23)7-9-15/h3,5-9,11,13H,2,4,10,25H2,1H3,(H,26,32)(H,28,33). The Hall–Kier alpha value is -3.82. The zero-order valence-corrected chi connectivity index (χ0v) is 19.8. The van der Waals surface area contributed by atoms with E-state index in [1.807, 2.05) is 17.5 Å². The molecule has 4 aromatic rings. The highest BCUT2D eigenvalue weighted by Gasteiger charge is 2.21. The summed E-state index contributed by atoms with van der Waals surface area (Å²) >= 11 is 6.84. The van der Waals surface area contributed by atoms with Crippen molar-refractivity contribution in [1.29, 1.82) is 5.26 Å². The molecule has 0 saturated carbocycles. The Morgan fingerprint density at radius 2 is 2.15 bits per heavy atom. The number of aromatic amines is 1. The molecule has 0 aliphatic heterocycles. The Morgan fingerprint density at radius 3 is 2.82 bits per heavy atom. The molecule has 9 nitrogen and oxygen atoms in total. The van der Waals surface area contributed by atoms with Crippen LogP contribution in [0.5, 0.6) is 0 Å². The second-order valence-electron chi connectivity index (χ2n) is 7.48. The number of nitrogens with two attached hydrogens (primary N) is 1. The van der Waals surface area contributed by atoms with Gasteiger partial charge in [0.25, 0.3) is 0 Å². The first-order valence-corrected chi connectivity index (χ1v) is 11.7. The molecule has 0 fully saturated rings. The maximum absolute atomic E-state index is 13.2. The number of nitrogen functional groups attached to an aromatic ring is 1. The van der Waals surface area contributed by atoms with Crippen molar-refractivity contribution >= 4 is 35.3 Å². The van der Waals surface area contributed by atoms with E-state index in [0.29, 0.717) is 41.4 Å². The second kappa shape index (κ2) is 9.98. The van der Waals surface area contributed by atoms with Crippen LogP contribution < -0.4 is 11.1 Å². The van der Waals surface area contributed by atoms with Crippen LogP contribution in [-0.4, -0.2) is 37.0 Å². The number of carbonyl (C=O) groups excluding carboxylic acids is 1. The summed E-state index contributed by atoms with van der Waals surface area (Å²) in [6, 6.07) is 11.0. The molecule has 174 valence electrons. The van der Waals surface area contributed by atoms with Crippen LogP contribution in [0.1, 0.15) is 30.6 Å². The van der Waals surface area contributed by atoms with E-state index in [4.69, 9.17) is 18.0 Å². The molecule has 4 rings (SSSR count). The Bertz CT molecular complexity index is 1400. The summed E-state index contributed by atoms with van der Waals surface area (Å²) in [6.45, 7) is 2.13. The van der Waals surface area contributed by atoms with E-state index in [1.54, 1.807) is 11.5 Å². The predicted octanol–water partition coefficient (Wildman–Crippen LogP) is 3.76. The molecule has 0 aliphatic carbocycles. The number of nitrogens with zero attached hydrogens (tertiary/aromatic N) is 5. The van der Waals surface area contributed by atoms with Crippen LogP contribution in [0.3, 0.4) is 0 Å². The van der Waals surface area contributed by atoms with Crippen molar-refractivity contribution < 1.29 is 9.18 Å². The van der Waals surface area contributed by atoms with Gasteiger partial charge in [0.15, 0.2) is 10.6 Å². The number of halogens is 1. The van der Waals surface area contributed by atoms with Gasteiger partial charge < -0.3 is 11.1 Å². The highest BCUT2D eigenvalue weighted by Crippen LogP contribution is 2.26. The number of H-pyrrole nitrogens is 1. The maximum Gasteiger partial charge on any atom is 0.242 e. The van der Waals surface area contributed by atoms with Gasteiger partial charge in [0.05, 0.1) is 16.3 Å². The first kappa shape index (κ1) is 23.3. The average molecular weight is 497 g/mol. The van der Waals surface area contributed by atoms with Gasteiger partial charge in [-0.2, -0.15) is 15.5 Å². The van der Waals surface area contributed by atoms with Crippen LogP contribution in [0.15, 0.2) is 41.8 Å². The molecular weight excluding hydrogens is 475 g/mol. The lowest BCUT2D eigenvalue weighted by molar-refractivity contribution is -0.123. The fourth-order valence-corrected chi connectivity index (χ4v) is 4.53. The van der Waals surface area contributed by atoms with Crippen LogP contribution in [0, 0.1) is 21.9 Å². The van der Waals surface area contributed by atoms with Crippen molar-refractivity contribution in [3.05, 3.63) is 63.6 Å². The van der Waals surface area contributed by atoms with Gasteiger partial charge in [0.2, 0.25) is 5.91 Å². The van der Waals surface area contributed by atoms with E-state index in [0.717, 1.165) is 4.88 Å². The molecule has 3 aromatic heterocycles. The van der Waals surface area contributed by atoms with Gasteiger partial charge in [-0.25, -0.2) is 9.07 Å². The molecule has 1 amide bonds. The molecule has 1 atom stereocenters. The number of thiophene rings is 1. The first-order valence-electron chi connectivity index (χ1n) is 10.4. The van der Waals surface area contributed by atoms with Crippen LogP contribution >= 0.6 is 23.6 Å². The highest BCUT2D eigenvalue weighted by atomic mass is 32.1. The molecule has 0 spiro atoms. The number of nitriles is 1. The number of rotatable bonds is 8. The first-order chi connectivity index (χ1) is 16.4. The number of hydrogen-bond donors (Lipinski definition) is 3. The molecule has 12 heteroatoms. The summed E-state index contributed by atoms with van der Waals surface area (Å²) in [6.07, 6.45) is 0.975. The lowest BCUT2D eigenvalue weighted by Crippen LogP contribution is -2.32. The van der Waals surface area contributed by atoms with Crippen molar-refractivity contribution in [2.45, 2.75) is 25.8 Å². The minimum absolute atomic E-state index is 0.192. The molecule has 4 N–H and O–H groups in total. The summed E-state index contributed by atoms with van der Waals surface area (Å²) in [5.41, 5.74) is 7.44. The van der Waals surface area contributed by atoms with E-state index in [-0.39, 0.29) is 23.1 Å². The molecule has 0 bridgehead atoms. The molecule has 3 heterocycles. The van der Waals surface area contributed by atoms with Crippen molar-refractivity contribution in [3.63, 3.8) is 0 Å². The minimum atomic E-state index is -0.564. The van der Waals surface area contributed by atoms with Gasteiger partial charge >= 0.3 is 0 Å². The lowest BCUT2D eigenvalue weighted by Gasteiger charge is -2.15. The molecule has 0 radical (unpaired) electrons. The minimum Gasteiger partial charge on any atom is -0.382 e. The zero-order valence-electron chi connectivity index (χ0n) is 18.2. The van der Waals surface area contributed by atoms with Gasteiger partial charge in [-0.1, -0.05) is 6.07 Å². The normalized spacial score (nSPS) is 11.8. The fourth-order valence-electron chi connectivity index (χ4n) is 3.53. The third-order valence-electron chi connectivity index (χ3n) is 5.28. The van der Waals surface area contributed by atoms with E-state index in [2.05, 4.69) is 26.7 Å². The smallest absolute Gasteiger partial charge is 0.242 e. The SMILES string of the molecule is CC(C(=O)NCCCc1nn(-c2ccc(F)cc2)c(N)c1C#N)n1c(-c2cccs2)n[nH]c1=S. The van der Waals surface area contributed by atoms with Crippen molar-refractivity contribution in [1.82, 2.24) is 29.9 Å². The molecule has 34 heavy (non-hydrogen) atoms. The molecule has 1 aromatic carbocycles. The van der Waals surface area contributed by atoms with Crippen LogP contribution in [0.2, 0.25) is 0 Å². The Balaban J connectivity index is 1.40. The number of benzene rings is 1. The van der Waals surface area contributed by atoms with Gasteiger partial charge in [0, 0.05) is 6.54 Å². The fraction of sp³-hybridized carbons (Fsp3) is 0.227. The van der Waals surface area contributed by atoms with Crippen LogP contribution in [-0.2, 0) is 11.2 Å². The van der Waals surface area contributed by atoms with Crippen LogP contribution in [0.25, 0.3) is 16.4 Å². The topological polar surface area (TPSA) is 130 Å². The Labute approximate surface area is 203 Å². The third kappa shape index (κ3) is 4.61. The summed E-state index contributed by atoms with van der Waals surface area (Å²) in [4.78, 5) is 13.7. The molecular formula is C22H21FN8OS2. The van der Waals surface area contributed by atoms with Gasteiger partial charge in [-0.15, -0.1) is 11.3 Å². The maximum atomic E-state index is 13.2. The number of carbonyl (C=O) groups is 1. The van der Waals surface area contributed by atoms with Crippen molar-refractivity contribution in [2.24, 2.45) is 0 Å². The second-order valence-corrected chi connectivity index (χ2v) is 8.81. The monoisotopic (exact) mass is 496 g/mol. The quantitative estimate of drug-likeness (QED) is 0.252. The van der Waals surface area contributed by atoms with Gasteiger partial charge in [-0.3, -0.25) is 14.5 Å². The van der Waals surface area contributed by atoms with Crippen LogP contribution in [0.4, 0.5) is 10.2 Å². The average Bonchev–Trinajstić information content (AvgIpc) is 3.56. The largest absolute Gasteiger partial charge is 0.382 e. The predicted molar refractivity (Wildman–Crippen MR) is 129 cm³/mol. The summed E-state index contributed by atoms with van der Waals surface area (Å²) in [7, 11) is 0. The molecule has 1 unspecified atom stereocenters. The number of aromatic nitrogens is 5. The van der Waals surface area contributed by atoms with E-state index in [1.165, 1.54) is 40.3 Å². The van der Waals surface area contributed by atoms with E-state index in [9.17, 15) is 14.4 Å². The number of aryl methyl sites for hydroxylation is 1. The number of hydrogen-bond acceptors (Lipinski definition) is 7. The number of amides is 1. The zero-order chi connectivity index (χ0) is 24.2. The van der Waals surface area contributed by atoms with E-state index < -0.39 is 6.04 Å². The number of anilines is 1. The number of nitrogens with one attached hydrogen (secondary N) is 2. The summed E-state index contributed by atoms with van der Waals surface area (Å²) in [5.74, 6) is 0.229.